The maximum atomic E-state index is 13.3. The average molecular weight is 573 g/mol. The van der Waals surface area contributed by atoms with E-state index >= 15 is 0 Å². The van der Waals surface area contributed by atoms with Crippen LogP contribution in [-0.4, -0.2) is 92.9 Å². The number of hydrogen-bond acceptors (Lipinski definition) is 6. The molecule has 2 aromatic carbocycles. The Morgan fingerprint density at radius 2 is 1.72 bits per heavy atom. The third-order valence-corrected chi connectivity index (χ3v) is 6.92. The molecule has 1 amide bonds. The highest BCUT2D eigenvalue weighted by atomic mass is 35.5. The van der Waals surface area contributed by atoms with Crippen molar-refractivity contribution in [1.29, 1.82) is 0 Å². The van der Waals surface area contributed by atoms with Gasteiger partial charge >= 0.3 is 6.18 Å². The van der Waals surface area contributed by atoms with Crippen molar-refractivity contribution < 1.29 is 31.9 Å². The third-order valence-electron chi connectivity index (χ3n) is 6.67. The second-order valence-corrected chi connectivity index (χ2v) is 9.92. The van der Waals surface area contributed by atoms with Gasteiger partial charge in [0.2, 0.25) is 5.91 Å². The number of carbonyl (C=O) groups excluding carboxylic acids is 2. The molecule has 2 aromatic rings. The molecule has 0 radical (unpaired) electrons. The number of Topliss-reactive ketones (excluding diaryl/α,β-unsaturated/α-hetero) is 1. The number of rotatable bonds is 12. The van der Waals surface area contributed by atoms with Gasteiger partial charge in [0, 0.05) is 44.2 Å². The predicted molar refractivity (Wildman–Crippen MR) is 140 cm³/mol. The van der Waals surface area contributed by atoms with Crippen LogP contribution in [0.25, 0.3) is 0 Å². The molecule has 7 nitrogen and oxygen atoms in total. The second-order valence-electron chi connectivity index (χ2n) is 9.48. The number of nitrogens with one attached hydrogen (secondary N) is 2. The second kappa shape index (κ2) is 14.2. The first kappa shape index (κ1) is 31.0. The largest absolute Gasteiger partial charge is 0.405 e. The minimum absolute atomic E-state index is 0.0880. The summed E-state index contributed by atoms with van der Waals surface area (Å²) < 4.78 is 57.3. The molecule has 2 N–H and O–H groups in total. The first-order valence-corrected chi connectivity index (χ1v) is 12.9. The fourth-order valence-corrected chi connectivity index (χ4v) is 4.93. The molecule has 0 spiro atoms. The highest BCUT2D eigenvalue weighted by molar-refractivity contribution is 6.30. The van der Waals surface area contributed by atoms with Gasteiger partial charge in [0.25, 0.3) is 0 Å². The predicted octanol–water partition coefficient (Wildman–Crippen LogP) is 3.06. The Morgan fingerprint density at radius 1 is 1.08 bits per heavy atom. The number of amides is 1. The topological polar surface area (TPSA) is 73.9 Å². The van der Waals surface area contributed by atoms with Crippen LogP contribution in [0.3, 0.4) is 0 Å². The van der Waals surface area contributed by atoms with Crippen LogP contribution < -0.4 is 10.6 Å². The monoisotopic (exact) mass is 572 g/mol. The van der Waals surface area contributed by atoms with Gasteiger partial charge in [0.1, 0.15) is 18.5 Å². The number of carbonyl (C=O) groups is 2. The van der Waals surface area contributed by atoms with Crippen LogP contribution in [0.1, 0.15) is 11.1 Å². The summed E-state index contributed by atoms with van der Waals surface area (Å²) in [5.41, 5.74) is 1.42. The molecule has 1 aliphatic rings. The lowest BCUT2D eigenvalue weighted by Gasteiger charge is -2.46. The number of ketones is 1. The molecule has 1 saturated heterocycles. The number of nitrogens with zero attached hydrogens (tertiary/aromatic N) is 2. The summed E-state index contributed by atoms with van der Waals surface area (Å²) in [5, 5.41) is 5.58. The Balaban J connectivity index is 1.78. The first-order chi connectivity index (χ1) is 18.5. The number of piperazine rings is 1. The minimum Gasteiger partial charge on any atom is -0.383 e. The molecule has 1 heterocycles. The van der Waals surface area contributed by atoms with Crippen molar-refractivity contribution in [3.05, 3.63) is 70.5 Å². The van der Waals surface area contributed by atoms with Gasteiger partial charge in [-0.1, -0.05) is 35.9 Å². The van der Waals surface area contributed by atoms with Crippen molar-refractivity contribution in [3.63, 3.8) is 0 Å². The van der Waals surface area contributed by atoms with E-state index < -0.39 is 30.8 Å². The van der Waals surface area contributed by atoms with E-state index in [1.165, 1.54) is 19.2 Å². The molecule has 0 aliphatic carbocycles. The van der Waals surface area contributed by atoms with Crippen molar-refractivity contribution in [2.24, 2.45) is 0 Å². The number of hydrogen-bond donors (Lipinski definition) is 2. The van der Waals surface area contributed by atoms with E-state index in [0.717, 1.165) is 5.56 Å². The minimum atomic E-state index is -4.54. The number of methoxy groups -OCH3 is 1. The molecule has 0 saturated carbocycles. The molecule has 1 fully saturated rings. The first-order valence-electron chi connectivity index (χ1n) is 12.5. The van der Waals surface area contributed by atoms with Crippen LogP contribution >= 0.6 is 11.6 Å². The summed E-state index contributed by atoms with van der Waals surface area (Å²) in [7, 11) is 3.18. The molecular formula is C27H33ClF4N4O3. The molecule has 3 rings (SSSR count). The van der Waals surface area contributed by atoms with Gasteiger partial charge in [-0.05, 0) is 48.9 Å². The highest BCUT2D eigenvalue weighted by Gasteiger charge is 2.39. The summed E-state index contributed by atoms with van der Waals surface area (Å²) >= 11 is 5.97. The third kappa shape index (κ3) is 9.25. The van der Waals surface area contributed by atoms with Gasteiger partial charge in [-0.15, -0.1) is 0 Å². The fourth-order valence-electron chi connectivity index (χ4n) is 4.81. The standard InChI is InChI=1S/C27H33ClF4N4O3/c1-33-25(24(37)14-19-5-9-21(29)10-6-19)36-12-11-35(15-22(36)16-39-2)23(26(38)34-17-27(30,31)32)13-18-3-7-20(28)8-4-18/h3-10,22-23,25,33H,11-17H2,1-2H3,(H,34,38). The summed E-state index contributed by atoms with van der Waals surface area (Å²) in [6.07, 6.45) is -4.95. The zero-order chi connectivity index (χ0) is 28.6. The van der Waals surface area contributed by atoms with E-state index in [2.05, 4.69) is 5.32 Å². The fraction of sp³-hybridized carbons (Fsp3) is 0.481. The molecule has 214 valence electrons. The lowest BCUT2D eigenvalue weighted by molar-refractivity contribution is -0.143. The molecule has 12 heteroatoms. The normalized spacial score (nSPS) is 18.5. The van der Waals surface area contributed by atoms with Gasteiger partial charge in [-0.2, -0.15) is 13.2 Å². The molecule has 3 unspecified atom stereocenters. The van der Waals surface area contributed by atoms with Gasteiger partial charge in [-0.3, -0.25) is 24.7 Å². The van der Waals surface area contributed by atoms with Crippen molar-refractivity contribution in [2.75, 3.05) is 46.9 Å². The van der Waals surface area contributed by atoms with Crippen molar-refractivity contribution in [2.45, 2.75) is 37.3 Å². The summed E-state index contributed by atoms with van der Waals surface area (Å²) in [5.74, 6) is -1.25. The number of halogens is 5. The number of benzene rings is 2. The zero-order valence-corrected chi connectivity index (χ0v) is 22.6. The maximum Gasteiger partial charge on any atom is 0.405 e. The Morgan fingerprint density at radius 3 is 2.31 bits per heavy atom. The van der Waals surface area contributed by atoms with Crippen molar-refractivity contribution in [3.8, 4) is 0 Å². The number of alkyl halides is 3. The number of ether oxygens (including phenoxy) is 1. The maximum absolute atomic E-state index is 13.3. The van der Waals surface area contributed by atoms with Gasteiger partial charge in [0.15, 0.2) is 5.78 Å². The van der Waals surface area contributed by atoms with Crippen molar-refractivity contribution >= 4 is 23.3 Å². The SMILES string of the molecule is CNC(C(=O)Cc1ccc(F)cc1)N1CCN(C(Cc2ccc(Cl)cc2)C(=O)NCC(F)(F)F)CC1COC. The Kier molecular flexibility index (Phi) is 11.3. The van der Waals surface area contributed by atoms with Crippen LogP contribution in [0.15, 0.2) is 48.5 Å². The van der Waals surface area contributed by atoms with Crippen LogP contribution in [-0.2, 0) is 27.2 Å². The van der Waals surface area contributed by atoms with Crippen molar-refractivity contribution in [1.82, 2.24) is 20.4 Å². The van der Waals surface area contributed by atoms with E-state index in [9.17, 15) is 27.2 Å². The van der Waals surface area contributed by atoms with Gasteiger partial charge in [0.05, 0.1) is 12.6 Å². The Labute approximate surface area is 230 Å². The van der Waals surface area contributed by atoms with Crippen LogP contribution in [0, 0.1) is 5.82 Å². The molecular weight excluding hydrogens is 540 g/mol. The van der Waals surface area contributed by atoms with Crippen LogP contribution in [0.2, 0.25) is 5.02 Å². The van der Waals surface area contributed by atoms with Crippen LogP contribution in [0.5, 0.6) is 0 Å². The van der Waals surface area contributed by atoms with Crippen LogP contribution in [0.4, 0.5) is 17.6 Å². The number of likely N-dealkylation sites (N-methyl/N-ethyl adjacent to an activating group) is 1. The highest BCUT2D eigenvalue weighted by Crippen LogP contribution is 2.21. The molecule has 1 aliphatic heterocycles. The molecule has 39 heavy (non-hydrogen) atoms. The summed E-state index contributed by atoms with van der Waals surface area (Å²) in [6, 6.07) is 11.3. The van der Waals surface area contributed by atoms with Gasteiger partial charge in [-0.25, -0.2) is 4.39 Å². The molecule has 3 atom stereocenters. The molecule has 0 bridgehead atoms. The summed E-state index contributed by atoms with van der Waals surface area (Å²) in [6.45, 7) is -0.216. The Hall–Kier alpha value is -2.57. The smallest absolute Gasteiger partial charge is 0.383 e. The van der Waals surface area contributed by atoms with E-state index in [1.54, 1.807) is 43.4 Å². The molecule has 0 aromatic heterocycles. The van der Waals surface area contributed by atoms with E-state index in [1.807, 2.05) is 15.1 Å². The zero-order valence-electron chi connectivity index (χ0n) is 21.8. The lowest BCUT2D eigenvalue weighted by atomic mass is 10.00. The van der Waals surface area contributed by atoms with E-state index in [0.29, 0.717) is 23.7 Å². The van der Waals surface area contributed by atoms with E-state index in [-0.39, 0.29) is 43.6 Å². The van der Waals surface area contributed by atoms with E-state index in [4.69, 9.17) is 16.3 Å². The Bertz CT molecular complexity index is 1090. The summed E-state index contributed by atoms with van der Waals surface area (Å²) in [4.78, 5) is 30.0. The average Bonchev–Trinajstić information content (AvgIpc) is 2.89. The lowest BCUT2D eigenvalue weighted by Crippen LogP contribution is -2.66. The quantitative estimate of drug-likeness (QED) is 0.381. The van der Waals surface area contributed by atoms with Gasteiger partial charge < -0.3 is 10.1 Å².